The minimum Gasteiger partial charge on any atom is -0.382 e. The predicted molar refractivity (Wildman–Crippen MR) is 113 cm³/mol. The van der Waals surface area contributed by atoms with Gasteiger partial charge in [-0.3, -0.25) is 9.89 Å². The zero-order valence-corrected chi connectivity index (χ0v) is 17.7. The van der Waals surface area contributed by atoms with Crippen molar-refractivity contribution in [3.63, 3.8) is 0 Å². The molecule has 0 saturated carbocycles. The molecule has 7 nitrogen and oxygen atoms in total. The standard InChI is InChI=1S/C21H35FN4O3/c1-3-23-21(24-9-4-12-28-16-15-27-2)25-17-20(26-10-13-29-14-11-26)18-5-7-19(22)8-6-18/h5-8,20H,3-4,9-17H2,1-2H3,(H2,23,24,25). The SMILES string of the molecule is CCNC(=NCC(c1ccc(F)cc1)N1CCOCC1)NCCCOCCOC. The van der Waals surface area contributed by atoms with Gasteiger partial charge in [-0.15, -0.1) is 0 Å². The molecule has 0 aromatic heterocycles. The van der Waals surface area contributed by atoms with Crippen LogP contribution in [0, 0.1) is 5.82 Å². The predicted octanol–water partition coefficient (Wildman–Crippen LogP) is 1.81. The molecule has 0 bridgehead atoms. The summed E-state index contributed by atoms with van der Waals surface area (Å²) in [5.74, 6) is 0.561. The van der Waals surface area contributed by atoms with Crippen LogP contribution in [0.15, 0.2) is 29.3 Å². The summed E-state index contributed by atoms with van der Waals surface area (Å²) < 4.78 is 29.3. The van der Waals surface area contributed by atoms with Gasteiger partial charge in [-0.1, -0.05) is 12.1 Å². The van der Waals surface area contributed by atoms with Gasteiger partial charge in [0.25, 0.3) is 0 Å². The van der Waals surface area contributed by atoms with E-state index >= 15 is 0 Å². The highest BCUT2D eigenvalue weighted by molar-refractivity contribution is 5.79. The summed E-state index contributed by atoms with van der Waals surface area (Å²) in [4.78, 5) is 7.15. The van der Waals surface area contributed by atoms with E-state index in [4.69, 9.17) is 19.2 Å². The minimum atomic E-state index is -0.222. The fourth-order valence-electron chi connectivity index (χ4n) is 3.15. The molecule has 1 fully saturated rings. The first-order chi connectivity index (χ1) is 14.2. The highest BCUT2D eigenvalue weighted by Crippen LogP contribution is 2.22. The average molecular weight is 411 g/mol. The van der Waals surface area contributed by atoms with Crippen LogP contribution in [-0.4, -0.2) is 83.7 Å². The third-order valence-electron chi connectivity index (χ3n) is 4.70. The van der Waals surface area contributed by atoms with E-state index in [0.29, 0.717) is 39.6 Å². The third kappa shape index (κ3) is 9.08. The van der Waals surface area contributed by atoms with Crippen LogP contribution in [0.2, 0.25) is 0 Å². The maximum atomic E-state index is 13.4. The smallest absolute Gasteiger partial charge is 0.191 e. The molecule has 1 aromatic rings. The average Bonchev–Trinajstić information content (AvgIpc) is 2.75. The van der Waals surface area contributed by atoms with Crippen LogP contribution in [0.3, 0.4) is 0 Å². The van der Waals surface area contributed by atoms with Crippen LogP contribution in [0.1, 0.15) is 24.9 Å². The van der Waals surface area contributed by atoms with Crippen molar-refractivity contribution in [3.05, 3.63) is 35.6 Å². The van der Waals surface area contributed by atoms with Gasteiger partial charge in [0.2, 0.25) is 0 Å². The maximum absolute atomic E-state index is 13.4. The van der Waals surface area contributed by atoms with Gasteiger partial charge in [-0.05, 0) is 31.0 Å². The maximum Gasteiger partial charge on any atom is 0.191 e. The van der Waals surface area contributed by atoms with Crippen molar-refractivity contribution in [2.75, 3.05) is 72.9 Å². The number of hydrogen-bond acceptors (Lipinski definition) is 5. The number of halogens is 1. The molecule has 0 aliphatic carbocycles. The van der Waals surface area contributed by atoms with Crippen LogP contribution in [0.5, 0.6) is 0 Å². The van der Waals surface area contributed by atoms with Gasteiger partial charge in [0.15, 0.2) is 5.96 Å². The van der Waals surface area contributed by atoms with Crippen molar-refractivity contribution in [1.29, 1.82) is 0 Å². The Balaban J connectivity index is 1.92. The number of guanidine groups is 1. The highest BCUT2D eigenvalue weighted by Gasteiger charge is 2.22. The van der Waals surface area contributed by atoms with Crippen LogP contribution in [0.4, 0.5) is 4.39 Å². The summed E-state index contributed by atoms with van der Waals surface area (Å²) in [5, 5.41) is 6.64. The Bertz CT molecular complexity index is 580. The molecule has 1 atom stereocenters. The molecule has 0 radical (unpaired) electrons. The van der Waals surface area contributed by atoms with E-state index in [0.717, 1.165) is 44.1 Å². The Kier molecular flexibility index (Phi) is 11.6. The molecule has 2 N–H and O–H groups in total. The topological polar surface area (TPSA) is 67.4 Å². The fourth-order valence-corrected chi connectivity index (χ4v) is 3.15. The van der Waals surface area contributed by atoms with Crippen LogP contribution < -0.4 is 10.6 Å². The molecule has 1 aliphatic heterocycles. The number of ether oxygens (including phenoxy) is 3. The van der Waals surface area contributed by atoms with Crippen LogP contribution in [-0.2, 0) is 14.2 Å². The van der Waals surface area contributed by atoms with Gasteiger partial charge in [-0.25, -0.2) is 4.39 Å². The second-order valence-corrected chi connectivity index (χ2v) is 6.82. The lowest BCUT2D eigenvalue weighted by Gasteiger charge is -2.34. The van der Waals surface area contributed by atoms with E-state index in [1.807, 2.05) is 19.1 Å². The first kappa shape index (κ1) is 23.5. The van der Waals surface area contributed by atoms with Crippen molar-refractivity contribution in [2.45, 2.75) is 19.4 Å². The zero-order valence-electron chi connectivity index (χ0n) is 17.7. The van der Waals surface area contributed by atoms with E-state index in [1.165, 1.54) is 12.1 Å². The van der Waals surface area contributed by atoms with Gasteiger partial charge in [0, 0.05) is 39.9 Å². The van der Waals surface area contributed by atoms with E-state index in [-0.39, 0.29) is 11.9 Å². The lowest BCUT2D eigenvalue weighted by molar-refractivity contribution is 0.0179. The van der Waals surface area contributed by atoms with Crippen LogP contribution in [0.25, 0.3) is 0 Å². The van der Waals surface area contributed by atoms with Crippen molar-refractivity contribution < 1.29 is 18.6 Å². The fraction of sp³-hybridized carbons (Fsp3) is 0.667. The molecule has 1 unspecified atom stereocenters. The summed E-state index contributed by atoms with van der Waals surface area (Å²) in [7, 11) is 1.67. The minimum absolute atomic E-state index is 0.0901. The molecule has 29 heavy (non-hydrogen) atoms. The number of morpholine rings is 1. The second kappa shape index (κ2) is 14.3. The quantitative estimate of drug-likeness (QED) is 0.311. The molecular weight excluding hydrogens is 375 g/mol. The third-order valence-corrected chi connectivity index (χ3v) is 4.70. The largest absolute Gasteiger partial charge is 0.382 e. The Morgan fingerprint density at radius 1 is 1.17 bits per heavy atom. The van der Waals surface area contributed by atoms with Crippen molar-refractivity contribution in [2.24, 2.45) is 4.99 Å². The number of nitrogens with one attached hydrogen (secondary N) is 2. The highest BCUT2D eigenvalue weighted by atomic mass is 19.1. The van der Waals surface area contributed by atoms with Gasteiger partial charge < -0.3 is 24.8 Å². The van der Waals surface area contributed by atoms with Gasteiger partial charge in [0.1, 0.15) is 5.82 Å². The molecule has 1 heterocycles. The number of methoxy groups -OCH3 is 1. The normalized spacial score (nSPS) is 16.6. The van der Waals surface area contributed by atoms with Crippen molar-refractivity contribution >= 4 is 5.96 Å². The van der Waals surface area contributed by atoms with Crippen molar-refractivity contribution in [3.8, 4) is 0 Å². The summed E-state index contributed by atoms with van der Waals surface area (Å²) in [6, 6.07) is 6.82. The zero-order chi connectivity index (χ0) is 20.7. The van der Waals surface area contributed by atoms with Gasteiger partial charge in [0.05, 0.1) is 39.0 Å². The molecule has 1 aromatic carbocycles. The van der Waals surface area contributed by atoms with E-state index in [9.17, 15) is 4.39 Å². The van der Waals surface area contributed by atoms with E-state index < -0.39 is 0 Å². The lowest BCUT2D eigenvalue weighted by atomic mass is 10.0. The summed E-state index contributed by atoms with van der Waals surface area (Å²) in [6.07, 6.45) is 0.888. The number of benzene rings is 1. The molecule has 2 rings (SSSR count). The molecule has 1 aliphatic rings. The Morgan fingerprint density at radius 2 is 1.93 bits per heavy atom. The summed E-state index contributed by atoms with van der Waals surface area (Å²) in [5.41, 5.74) is 1.07. The van der Waals surface area contributed by atoms with Gasteiger partial charge >= 0.3 is 0 Å². The monoisotopic (exact) mass is 410 g/mol. The van der Waals surface area contributed by atoms with Crippen molar-refractivity contribution in [1.82, 2.24) is 15.5 Å². The first-order valence-electron chi connectivity index (χ1n) is 10.4. The second-order valence-electron chi connectivity index (χ2n) is 6.82. The lowest BCUT2D eigenvalue weighted by Crippen LogP contribution is -2.42. The number of nitrogens with zero attached hydrogens (tertiary/aromatic N) is 2. The van der Waals surface area contributed by atoms with Crippen LogP contribution >= 0.6 is 0 Å². The summed E-state index contributed by atoms with van der Waals surface area (Å²) >= 11 is 0. The summed E-state index contributed by atoms with van der Waals surface area (Å²) in [6.45, 7) is 9.23. The Morgan fingerprint density at radius 3 is 2.62 bits per heavy atom. The molecule has 8 heteroatoms. The van der Waals surface area contributed by atoms with E-state index in [2.05, 4.69) is 15.5 Å². The number of rotatable bonds is 12. The molecule has 0 spiro atoms. The number of hydrogen-bond donors (Lipinski definition) is 2. The molecular formula is C21H35FN4O3. The van der Waals surface area contributed by atoms with E-state index in [1.54, 1.807) is 7.11 Å². The molecule has 0 amide bonds. The Hall–Kier alpha value is -1.74. The Labute approximate surface area is 173 Å². The first-order valence-corrected chi connectivity index (χ1v) is 10.4. The van der Waals surface area contributed by atoms with Gasteiger partial charge in [-0.2, -0.15) is 0 Å². The number of aliphatic imine (C=N–C) groups is 1. The molecule has 1 saturated heterocycles. The molecule has 164 valence electrons.